The first-order chi connectivity index (χ1) is 13.5. The number of benzene rings is 1. The first-order valence-corrected chi connectivity index (χ1v) is 9.96. The lowest BCUT2D eigenvalue weighted by atomic mass is 9.77. The molecule has 0 radical (unpaired) electrons. The van der Waals surface area contributed by atoms with Gasteiger partial charge in [0.05, 0.1) is 16.1 Å². The number of hydrogen-bond acceptors (Lipinski definition) is 6. The summed E-state index contributed by atoms with van der Waals surface area (Å²) in [6, 6.07) is 5.76. The van der Waals surface area contributed by atoms with Crippen molar-refractivity contribution in [3.05, 3.63) is 44.1 Å². The molecule has 0 saturated heterocycles. The summed E-state index contributed by atoms with van der Waals surface area (Å²) in [6.45, 7) is 2.40. The molecule has 1 aliphatic carbocycles. The van der Waals surface area contributed by atoms with E-state index in [9.17, 15) is 10.1 Å². The van der Waals surface area contributed by atoms with Crippen LogP contribution in [-0.4, -0.2) is 19.0 Å². The number of carbonyl (C=O) groups is 1. The van der Waals surface area contributed by atoms with Crippen LogP contribution in [0.5, 0.6) is 11.5 Å². The third kappa shape index (κ3) is 3.67. The fourth-order valence-corrected chi connectivity index (χ4v) is 4.24. The maximum Gasteiger partial charge on any atom is 0.205 e. The maximum absolute atomic E-state index is 12.7. The average molecular weight is 490 g/mol. The fourth-order valence-electron chi connectivity index (χ4n) is 3.46. The van der Waals surface area contributed by atoms with Crippen LogP contribution in [0.4, 0.5) is 0 Å². The Balaban J connectivity index is 2.17. The van der Waals surface area contributed by atoms with Gasteiger partial charge in [0, 0.05) is 18.4 Å². The number of terminal acetylenes is 1. The van der Waals surface area contributed by atoms with Crippen LogP contribution in [0.1, 0.15) is 37.7 Å². The molecule has 1 aromatic carbocycles. The third-order valence-corrected chi connectivity index (χ3v) is 5.37. The molecule has 1 aliphatic heterocycles. The Hall–Kier alpha value is -2.65. The molecule has 6 nitrogen and oxygen atoms in total. The van der Waals surface area contributed by atoms with Crippen molar-refractivity contribution in [1.82, 2.24) is 0 Å². The Bertz CT molecular complexity index is 966. The highest BCUT2D eigenvalue weighted by atomic mass is 127. The molecular formula is C21H19IN2O4. The van der Waals surface area contributed by atoms with Crippen molar-refractivity contribution in [2.45, 2.75) is 32.1 Å². The van der Waals surface area contributed by atoms with Gasteiger partial charge in [0.25, 0.3) is 0 Å². The fraction of sp³-hybridized carbons (Fsp3) is 0.333. The number of halogens is 1. The van der Waals surface area contributed by atoms with E-state index in [1.165, 1.54) is 0 Å². The van der Waals surface area contributed by atoms with Crippen LogP contribution in [-0.2, 0) is 9.53 Å². The average Bonchev–Trinajstić information content (AvgIpc) is 2.66. The normalized spacial score (nSPS) is 18.7. The zero-order chi connectivity index (χ0) is 20.3. The number of nitriles is 1. The highest BCUT2D eigenvalue weighted by Crippen LogP contribution is 2.46. The Kier molecular flexibility index (Phi) is 6.15. The van der Waals surface area contributed by atoms with E-state index in [1.54, 1.807) is 6.07 Å². The second-order valence-corrected chi connectivity index (χ2v) is 7.46. The molecule has 0 saturated carbocycles. The first kappa shape index (κ1) is 20.1. The SMILES string of the molecule is C#CCOc1c(I)cc([C@@H]2C(C#N)=C(N)OC3=C2C(=O)CCC3)cc1OCC. The smallest absolute Gasteiger partial charge is 0.205 e. The molecule has 1 heterocycles. The maximum atomic E-state index is 12.7. The van der Waals surface area contributed by atoms with E-state index in [0.717, 1.165) is 9.13 Å². The lowest BCUT2D eigenvalue weighted by Gasteiger charge is -2.31. The van der Waals surface area contributed by atoms with Crippen LogP contribution in [0.2, 0.25) is 0 Å². The largest absolute Gasteiger partial charge is 0.490 e. The molecule has 3 rings (SSSR count). The molecule has 0 amide bonds. The van der Waals surface area contributed by atoms with Gasteiger partial charge in [0.15, 0.2) is 17.3 Å². The molecule has 0 unspecified atom stereocenters. The van der Waals surface area contributed by atoms with Gasteiger partial charge < -0.3 is 19.9 Å². The summed E-state index contributed by atoms with van der Waals surface area (Å²) in [5.41, 5.74) is 7.47. The van der Waals surface area contributed by atoms with Crippen LogP contribution < -0.4 is 15.2 Å². The number of ketones is 1. The van der Waals surface area contributed by atoms with Gasteiger partial charge in [-0.1, -0.05) is 5.92 Å². The van der Waals surface area contributed by atoms with E-state index in [-0.39, 0.29) is 23.8 Å². The standard InChI is InChI=1S/C21H19IN2O4/c1-3-8-27-20-14(22)9-12(10-17(20)26-4-2)18-13(11-23)21(24)28-16-7-5-6-15(25)19(16)18/h1,9-10,18H,4-8,24H2,2H3/t18-/m1/s1. The van der Waals surface area contributed by atoms with E-state index in [0.29, 0.717) is 48.7 Å². The molecule has 0 bridgehead atoms. The van der Waals surface area contributed by atoms with Crippen molar-refractivity contribution in [1.29, 1.82) is 5.26 Å². The van der Waals surface area contributed by atoms with Gasteiger partial charge in [0.2, 0.25) is 5.88 Å². The summed E-state index contributed by atoms with van der Waals surface area (Å²) in [5, 5.41) is 9.70. The minimum Gasteiger partial charge on any atom is -0.490 e. The summed E-state index contributed by atoms with van der Waals surface area (Å²) in [4.78, 5) is 12.7. The summed E-state index contributed by atoms with van der Waals surface area (Å²) in [6.07, 6.45) is 7.06. The van der Waals surface area contributed by atoms with Crippen molar-refractivity contribution in [2.75, 3.05) is 13.2 Å². The van der Waals surface area contributed by atoms with Crippen LogP contribution in [0.15, 0.2) is 34.9 Å². The number of carbonyl (C=O) groups excluding carboxylic acids is 1. The van der Waals surface area contributed by atoms with E-state index < -0.39 is 5.92 Å². The van der Waals surface area contributed by atoms with E-state index in [2.05, 4.69) is 34.6 Å². The second-order valence-electron chi connectivity index (χ2n) is 6.29. The summed E-state index contributed by atoms with van der Waals surface area (Å²) in [5.74, 6) is 3.47. The third-order valence-electron chi connectivity index (χ3n) is 4.57. The van der Waals surface area contributed by atoms with Crippen molar-refractivity contribution < 1.29 is 19.0 Å². The van der Waals surface area contributed by atoms with Crippen LogP contribution in [0.3, 0.4) is 0 Å². The van der Waals surface area contributed by atoms with Gasteiger partial charge in [-0.15, -0.1) is 6.42 Å². The minimum atomic E-state index is -0.587. The number of allylic oxidation sites excluding steroid dienone is 3. The molecule has 144 valence electrons. The lowest BCUT2D eigenvalue weighted by molar-refractivity contribution is -0.116. The van der Waals surface area contributed by atoms with E-state index >= 15 is 0 Å². The predicted molar refractivity (Wildman–Crippen MR) is 111 cm³/mol. The number of hydrogen-bond donors (Lipinski definition) is 1. The molecule has 7 heteroatoms. The number of nitrogens with zero attached hydrogens (tertiary/aromatic N) is 1. The monoisotopic (exact) mass is 490 g/mol. The Morgan fingerprint density at radius 2 is 2.18 bits per heavy atom. The molecule has 28 heavy (non-hydrogen) atoms. The van der Waals surface area contributed by atoms with Crippen molar-refractivity contribution >= 4 is 28.4 Å². The van der Waals surface area contributed by atoms with Gasteiger partial charge >= 0.3 is 0 Å². The Morgan fingerprint density at radius 1 is 1.39 bits per heavy atom. The summed E-state index contributed by atoms with van der Waals surface area (Å²) in [7, 11) is 0. The molecule has 0 spiro atoms. The molecule has 1 atom stereocenters. The zero-order valence-electron chi connectivity index (χ0n) is 15.4. The first-order valence-electron chi connectivity index (χ1n) is 8.88. The van der Waals surface area contributed by atoms with Gasteiger partial charge in [-0.05, 0) is 53.6 Å². The van der Waals surface area contributed by atoms with E-state index in [4.69, 9.17) is 26.4 Å². The van der Waals surface area contributed by atoms with Gasteiger partial charge in [-0.3, -0.25) is 4.79 Å². The summed E-state index contributed by atoms with van der Waals surface area (Å²) >= 11 is 2.13. The highest BCUT2D eigenvalue weighted by Gasteiger charge is 2.38. The lowest BCUT2D eigenvalue weighted by Crippen LogP contribution is -2.27. The van der Waals surface area contributed by atoms with Gasteiger partial charge in [-0.25, -0.2) is 0 Å². The molecule has 1 aromatic rings. The molecule has 0 fully saturated rings. The van der Waals surface area contributed by atoms with Gasteiger partial charge in [0.1, 0.15) is 24.0 Å². The highest BCUT2D eigenvalue weighted by molar-refractivity contribution is 14.1. The Labute approximate surface area is 177 Å². The van der Waals surface area contributed by atoms with Crippen LogP contribution in [0, 0.1) is 27.2 Å². The minimum absolute atomic E-state index is 0.0212. The zero-order valence-corrected chi connectivity index (χ0v) is 17.5. The van der Waals surface area contributed by atoms with E-state index in [1.807, 2.05) is 13.0 Å². The molecular weight excluding hydrogens is 471 g/mol. The molecule has 0 aromatic heterocycles. The Morgan fingerprint density at radius 3 is 2.86 bits per heavy atom. The van der Waals surface area contributed by atoms with Crippen LogP contribution >= 0.6 is 22.6 Å². The van der Waals surface area contributed by atoms with Gasteiger partial charge in [-0.2, -0.15) is 5.26 Å². The number of rotatable bonds is 5. The summed E-state index contributed by atoms with van der Waals surface area (Å²) < 4.78 is 17.8. The molecule has 2 N–H and O–H groups in total. The number of Topliss-reactive ketones (excluding diaryl/α,β-unsaturated/α-hetero) is 1. The van der Waals surface area contributed by atoms with Crippen molar-refractivity contribution in [2.24, 2.45) is 5.73 Å². The quantitative estimate of drug-likeness (QED) is 0.502. The molecule has 2 aliphatic rings. The van der Waals surface area contributed by atoms with Crippen molar-refractivity contribution in [3.63, 3.8) is 0 Å². The van der Waals surface area contributed by atoms with Crippen LogP contribution in [0.25, 0.3) is 0 Å². The topological polar surface area (TPSA) is 94.6 Å². The van der Waals surface area contributed by atoms with Crippen molar-refractivity contribution in [3.8, 4) is 29.9 Å². The number of ether oxygens (including phenoxy) is 3. The second kappa shape index (κ2) is 8.57. The number of nitrogens with two attached hydrogens (primary N) is 1. The predicted octanol–water partition coefficient (Wildman–Crippen LogP) is 3.52.